The van der Waals surface area contributed by atoms with Crippen LogP contribution in [0.3, 0.4) is 0 Å². The summed E-state index contributed by atoms with van der Waals surface area (Å²) in [7, 11) is 0. The fraction of sp³-hybridized carbons (Fsp3) is 0.444. The lowest BCUT2D eigenvalue weighted by Gasteiger charge is -2.31. The Balaban J connectivity index is 1.65. The molecule has 2 amide bonds. The van der Waals surface area contributed by atoms with Crippen molar-refractivity contribution in [2.75, 3.05) is 6.54 Å². The Morgan fingerprint density at radius 2 is 1.63 bits per heavy atom. The SMILES string of the molecule is Cc1cc(C(F)(F)F)cc(C)c1-c1cc(F)c(F)c([C@H](CC(=O)O)NC(=O)[C@H](CC(C)C)NC(=O)c2ccc3c(n2)CN(C(C)C)CC3)c1. The van der Waals surface area contributed by atoms with Gasteiger partial charge in [-0.05, 0) is 105 Å². The van der Waals surface area contributed by atoms with Gasteiger partial charge in [0.2, 0.25) is 5.91 Å². The Morgan fingerprint density at radius 3 is 2.20 bits per heavy atom. The second kappa shape index (κ2) is 15.0. The summed E-state index contributed by atoms with van der Waals surface area (Å²) in [6.45, 7) is 12.0. The molecule has 3 aromatic rings. The Hall–Kier alpha value is -4.39. The lowest BCUT2D eigenvalue weighted by Crippen LogP contribution is -2.49. The van der Waals surface area contributed by atoms with Gasteiger partial charge < -0.3 is 15.7 Å². The van der Waals surface area contributed by atoms with E-state index in [1.165, 1.54) is 13.8 Å². The van der Waals surface area contributed by atoms with E-state index in [-0.39, 0.29) is 46.3 Å². The van der Waals surface area contributed by atoms with Gasteiger partial charge in [-0.15, -0.1) is 0 Å². The number of carbonyl (C=O) groups excluding carboxylic acids is 2. The minimum atomic E-state index is -4.63. The third kappa shape index (κ3) is 9.00. The summed E-state index contributed by atoms with van der Waals surface area (Å²) in [5.74, 6) is -5.81. The summed E-state index contributed by atoms with van der Waals surface area (Å²) in [6, 6.07) is 4.62. The maximum Gasteiger partial charge on any atom is 0.416 e. The topological polar surface area (TPSA) is 112 Å². The molecule has 49 heavy (non-hydrogen) atoms. The number of hydrogen-bond acceptors (Lipinski definition) is 5. The second-order valence-electron chi connectivity index (χ2n) is 13.3. The number of fused-ring (bicyclic) bond motifs is 1. The van der Waals surface area contributed by atoms with Crippen molar-refractivity contribution < 1.29 is 41.4 Å². The van der Waals surface area contributed by atoms with E-state index >= 15 is 8.78 Å². The average molecular weight is 689 g/mol. The highest BCUT2D eigenvalue weighted by molar-refractivity contribution is 5.96. The zero-order valence-corrected chi connectivity index (χ0v) is 28.3. The highest BCUT2D eigenvalue weighted by Crippen LogP contribution is 2.37. The molecule has 0 fully saturated rings. The largest absolute Gasteiger partial charge is 0.481 e. The average Bonchev–Trinajstić information content (AvgIpc) is 3.00. The molecule has 0 spiro atoms. The molecule has 1 aliphatic heterocycles. The molecule has 0 aliphatic carbocycles. The smallest absolute Gasteiger partial charge is 0.416 e. The first-order chi connectivity index (χ1) is 22.8. The molecule has 2 aromatic carbocycles. The number of alkyl halides is 3. The summed E-state index contributed by atoms with van der Waals surface area (Å²) in [5.41, 5.74) is 0.935. The van der Waals surface area contributed by atoms with Crippen LogP contribution in [-0.2, 0) is 28.7 Å². The normalized spacial score (nSPS) is 14.8. The first kappa shape index (κ1) is 37.4. The quantitative estimate of drug-likeness (QED) is 0.189. The Morgan fingerprint density at radius 1 is 0.980 bits per heavy atom. The van der Waals surface area contributed by atoms with Crippen molar-refractivity contribution in [2.45, 2.75) is 91.7 Å². The molecule has 3 N–H and O–H groups in total. The number of hydrogen-bond donors (Lipinski definition) is 3. The number of aromatic nitrogens is 1. The van der Waals surface area contributed by atoms with Crippen molar-refractivity contribution in [3.63, 3.8) is 0 Å². The van der Waals surface area contributed by atoms with Gasteiger partial charge in [0.1, 0.15) is 11.7 Å². The van der Waals surface area contributed by atoms with E-state index in [9.17, 15) is 32.7 Å². The van der Waals surface area contributed by atoms with Gasteiger partial charge >= 0.3 is 12.1 Å². The van der Waals surface area contributed by atoms with Crippen molar-refractivity contribution in [3.05, 3.63) is 87.2 Å². The van der Waals surface area contributed by atoms with E-state index in [2.05, 4.69) is 34.4 Å². The molecule has 2 heterocycles. The van der Waals surface area contributed by atoms with Crippen LogP contribution in [0.5, 0.6) is 0 Å². The number of rotatable bonds is 11. The van der Waals surface area contributed by atoms with Crippen LogP contribution in [0.15, 0.2) is 36.4 Å². The number of carboxylic acid groups (broad SMARTS) is 1. The van der Waals surface area contributed by atoms with E-state index in [4.69, 9.17) is 0 Å². The zero-order chi connectivity index (χ0) is 36.4. The van der Waals surface area contributed by atoms with Gasteiger partial charge in [0.25, 0.3) is 5.91 Å². The molecule has 1 aromatic heterocycles. The molecule has 264 valence electrons. The van der Waals surface area contributed by atoms with Gasteiger partial charge in [0.15, 0.2) is 11.6 Å². The van der Waals surface area contributed by atoms with Crippen LogP contribution in [-0.4, -0.2) is 51.4 Å². The van der Waals surface area contributed by atoms with Gasteiger partial charge in [-0.3, -0.25) is 19.3 Å². The van der Waals surface area contributed by atoms with Gasteiger partial charge in [-0.25, -0.2) is 13.8 Å². The number of carboxylic acids is 1. The van der Waals surface area contributed by atoms with Crippen LogP contribution in [0, 0.1) is 31.4 Å². The van der Waals surface area contributed by atoms with E-state index in [0.717, 1.165) is 48.5 Å². The van der Waals surface area contributed by atoms with Crippen LogP contribution in [0.2, 0.25) is 0 Å². The summed E-state index contributed by atoms with van der Waals surface area (Å²) >= 11 is 0. The molecular weight excluding hydrogens is 647 g/mol. The molecular formula is C36H41F5N4O4. The summed E-state index contributed by atoms with van der Waals surface area (Å²) in [4.78, 5) is 45.8. The highest BCUT2D eigenvalue weighted by Gasteiger charge is 2.33. The molecule has 0 saturated carbocycles. The van der Waals surface area contributed by atoms with Gasteiger partial charge in [0.05, 0.1) is 23.7 Å². The van der Waals surface area contributed by atoms with Gasteiger partial charge in [-0.1, -0.05) is 19.9 Å². The van der Waals surface area contributed by atoms with Crippen molar-refractivity contribution in [2.24, 2.45) is 5.92 Å². The first-order valence-electron chi connectivity index (χ1n) is 16.1. The standard InChI is InChI=1S/C36H41F5N4O4/c1-18(2)11-29(44-34(48)27-8-7-22-9-10-45(19(3)4)17-30(22)42-27)35(49)43-28(16-31(46)47)25-14-23(15-26(37)33(25)38)32-20(5)12-24(13-21(32)6)36(39,40)41/h7-8,12-15,18-19,28-29H,9-11,16-17H2,1-6H3,(H,43,49)(H,44,48)(H,46,47)/t28-,29-/m0/s1. The first-order valence-corrected chi connectivity index (χ1v) is 16.1. The predicted molar refractivity (Wildman–Crippen MR) is 174 cm³/mol. The second-order valence-corrected chi connectivity index (χ2v) is 13.3. The third-order valence-corrected chi connectivity index (χ3v) is 8.66. The van der Waals surface area contributed by atoms with Crippen molar-refractivity contribution in [1.82, 2.24) is 20.5 Å². The number of benzene rings is 2. The molecule has 0 bridgehead atoms. The minimum Gasteiger partial charge on any atom is -0.481 e. The number of carbonyl (C=O) groups is 3. The van der Waals surface area contributed by atoms with Crippen molar-refractivity contribution in [3.8, 4) is 11.1 Å². The summed E-state index contributed by atoms with van der Waals surface area (Å²) in [5, 5.41) is 14.8. The number of nitrogens with zero attached hydrogens (tertiary/aromatic N) is 2. The van der Waals surface area contributed by atoms with Crippen molar-refractivity contribution >= 4 is 17.8 Å². The number of aryl methyl sites for hydroxylation is 2. The van der Waals surface area contributed by atoms with Gasteiger partial charge in [0, 0.05) is 24.7 Å². The number of pyridine rings is 1. The number of halogens is 5. The third-order valence-electron chi connectivity index (χ3n) is 8.66. The van der Waals surface area contributed by atoms with E-state index in [0.29, 0.717) is 6.54 Å². The van der Waals surface area contributed by atoms with Crippen LogP contribution in [0.4, 0.5) is 22.0 Å². The van der Waals surface area contributed by atoms with E-state index < -0.39 is 65.2 Å². The molecule has 0 unspecified atom stereocenters. The molecule has 8 nitrogen and oxygen atoms in total. The fourth-order valence-electron chi connectivity index (χ4n) is 6.21. The van der Waals surface area contributed by atoms with Crippen molar-refractivity contribution in [1.29, 1.82) is 0 Å². The van der Waals surface area contributed by atoms with Crippen LogP contribution in [0.25, 0.3) is 11.1 Å². The van der Waals surface area contributed by atoms with Crippen LogP contribution >= 0.6 is 0 Å². The highest BCUT2D eigenvalue weighted by atomic mass is 19.4. The maximum atomic E-state index is 15.4. The fourth-order valence-corrected chi connectivity index (χ4v) is 6.21. The Bertz CT molecular complexity index is 1720. The lowest BCUT2D eigenvalue weighted by molar-refractivity contribution is -0.138. The van der Waals surface area contributed by atoms with Crippen LogP contribution in [0.1, 0.15) is 90.6 Å². The monoisotopic (exact) mass is 688 g/mol. The molecule has 0 radical (unpaired) electrons. The number of nitrogens with one attached hydrogen (secondary N) is 2. The molecule has 2 atom stereocenters. The predicted octanol–water partition coefficient (Wildman–Crippen LogP) is 6.91. The van der Waals surface area contributed by atoms with E-state index in [1.807, 2.05) is 19.9 Å². The van der Waals surface area contributed by atoms with Crippen LogP contribution < -0.4 is 10.6 Å². The minimum absolute atomic E-state index is 0.00353. The molecule has 13 heteroatoms. The van der Waals surface area contributed by atoms with E-state index in [1.54, 1.807) is 6.07 Å². The number of amides is 2. The molecule has 4 rings (SSSR count). The van der Waals surface area contributed by atoms with Gasteiger partial charge in [-0.2, -0.15) is 13.2 Å². The Labute approximate surface area is 282 Å². The summed E-state index contributed by atoms with van der Waals surface area (Å²) in [6.07, 6.45) is -4.57. The lowest BCUT2D eigenvalue weighted by atomic mass is 9.90. The zero-order valence-electron chi connectivity index (χ0n) is 28.3. The maximum absolute atomic E-state index is 15.4. The molecule has 0 saturated heterocycles. The summed E-state index contributed by atoms with van der Waals surface area (Å²) < 4.78 is 70.7. The Kier molecular flexibility index (Phi) is 11.5. The molecule has 1 aliphatic rings. The number of aliphatic carboxylic acids is 1.